The van der Waals surface area contributed by atoms with Gasteiger partial charge in [-0.2, -0.15) is 0 Å². The lowest BCUT2D eigenvalue weighted by atomic mass is 9.86. The van der Waals surface area contributed by atoms with Crippen LogP contribution in [-0.2, 0) is 0 Å². The van der Waals surface area contributed by atoms with Crippen LogP contribution in [0.5, 0.6) is 0 Å². The highest BCUT2D eigenvalue weighted by atomic mass is 16.6. The highest BCUT2D eigenvalue weighted by Crippen LogP contribution is 2.24. The smallest absolute Gasteiger partial charge is 0.213 e. The van der Waals surface area contributed by atoms with Gasteiger partial charge in [0.2, 0.25) is 6.04 Å². The molecule has 0 amide bonds. The zero-order valence-electron chi connectivity index (χ0n) is 6.53. The largest absolute Gasteiger partial charge is 0.330 e. The first-order valence-electron chi connectivity index (χ1n) is 4.07. The molecule has 4 heteroatoms. The Labute approximate surface area is 65.9 Å². The Morgan fingerprint density at radius 2 is 2.27 bits per heavy atom. The van der Waals surface area contributed by atoms with Gasteiger partial charge >= 0.3 is 0 Å². The van der Waals surface area contributed by atoms with Gasteiger partial charge in [0.1, 0.15) is 0 Å². The van der Waals surface area contributed by atoms with Crippen molar-refractivity contribution in [3.63, 3.8) is 0 Å². The Hall–Kier alpha value is -0.640. The summed E-state index contributed by atoms with van der Waals surface area (Å²) in [5.41, 5.74) is 5.44. The molecule has 1 aliphatic carbocycles. The van der Waals surface area contributed by atoms with Crippen molar-refractivity contribution in [3.05, 3.63) is 10.1 Å². The molecule has 2 N–H and O–H groups in total. The van der Waals surface area contributed by atoms with Crippen molar-refractivity contribution in [1.29, 1.82) is 0 Å². The Balaban J connectivity index is 2.39. The van der Waals surface area contributed by atoms with Crippen LogP contribution in [-0.4, -0.2) is 17.5 Å². The van der Waals surface area contributed by atoms with Crippen LogP contribution in [0.25, 0.3) is 0 Å². The van der Waals surface area contributed by atoms with E-state index in [1.165, 1.54) is 0 Å². The number of nitrogens with zero attached hydrogens (tertiary/aromatic N) is 1. The standard InChI is InChI=1S/C7H14N2O2/c8-5-6-2-1-3-7(4-6)9(10)11/h6-7H,1-5,8H2. The van der Waals surface area contributed by atoms with Crippen LogP contribution < -0.4 is 5.73 Å². The third kappa shape index (κ3) is 2.15. The zero-order chi connectivity index (χ0) is 8.27. The number of hydrogen-bond donors (Lipinski definition) is 1. The molecule has 0 bridgehead atoms. The van der Waals surface area contributed by atoms with Gasteiger partial charge < -0.3 is 5.73 Å². The first kappa shape index (κ1) is 8.46. The molecule has 1 rings (SSSR count). The maximum atomic E-state index is 10.4. The molecule has 11 heavy (non-hydrogen) atoms. The van der Waals surface area contributed by atoms with Gasteiger partial charge in [-0.05, 0) is 25.3 Å². The molecule has 0 aromatic carbocycles. The Bertz CT molecular complexity index is 149. The first-order valence-corrected chi connectivity index (χ1v) is 4.07. The summed E-state index contributed by atoms with van der Waals surface area (Å²) in [6.07, 6.45) is 3.46. The van der Waals surface area contributed by atoms with E-state index in [-0.39, 0.29) is 11.0 Å². The third-order valence-electron chi connectivity index (χ3n) is 2.39. The van der Waals surface area contributed by atoms with E-state index in [4.69, 9.17) is 5.73 Å². The minimum absolute atomic E-state index is 0.165. The van der Waals surface area contributed by atoms with Crippen molar-refractivity contribution in [2.45, 2.75) is 31.7 Å². The molecule has 2 unspecified atom stereocenters. The minimum atomic E-state index is -0.322. The average Bonchev–Trinajstić information content (AvgIpc) is 2.05. The van der Waals surface area contributed by atoms with Gasteiger partial charge in [0.15, 0.2) is 0 Å². The van der Waals surface area contributed by atoms with Gasteiger partial charge in [0.05, 0.1) is 0 Å². The maximum Gasteiger partial charge on any atom is 0.213 e. The average molecular weight is 158 g/mol. The molecule has 0 aromatic heterocycles. The second-order valence-electron chi connectivity index (χ2n) is 3.21. The summed E-state index contributed by atoms with van der Waals surface area (Å²) in [5.74, 6) is 0.388. The van der Waals surface area contributed by atoms with Crippen molar-refractivity contribution in [1.82, 2.24) is 0 Å². The predicted molar refractivity (Wildman–Crippen MR) is 41.8 cm³/mol. The van der Waals surface area contributed by atoms with Crippen LogP contribution in [0.4, 0.5) is 0 Å². The van der Waals surface area contributed by atoms with E-state index < -0.39 is 0 Å². The third-order valence-corrected chi connectivity index (χ3v) is 2.39. The van der Waals surface area contributed by atoms with Gasteiger partial charge in [0, 0.05) is 17.8 Å². The lowest BCUT2D eigenvalue weighted by Gasteiger charge is -2.22. The maximum absolute atomic E-state index is 10.4. The predicted octanol–water partition coefficient (Wildman–Crippen LogP) is 0.781. The molecule has 0 radical (unpaired) electrons. The summed E-state index contributed by atoms with van der Waals surface area (Å²) in [7, 11) is 0. The molecule has 2 atom stereocenters. The van der Waals surface area contributed by atoms with Crippen LogP contribution >= 0.6 is 0 Å². The Morgan fingerprint density at radius 3 is 2.82 bits per heavy atom. The molecule has 1 aliphatic rings. The second kappa shape index (κ2) is 3.67. The van der Waals surface area contributed by atoms with Crippen LogP contribution in [0.1, 0.15) is 25.7 Å². The minimum Gasteiger partial charge on any atom is -0.330 e. The fraction of sp³-hybridized carbons (Fsp3) is 1.00. The van der Waals surface area contributed by atoms with Crippen molar-refractivity contribution in [2.75, 3.05) is 6.54 Å². The highest BCUT2D eigenvalue weighted by molar-refractivity contribution is 4.72. The second-order valence-corrected chi connectivity index (χ2v) is 3.21. The molecule has 0 aromatic rings. The summed E-state index contributed by atoms with van der Waals surface area (Å²) in [6.45, 7) is 0.602. The summed E-state index contributed by atoms with van der Waals surface area (Å²) in [5, 5.41) is 10.4. The number of rotatable bonds is 2. The van der Waals surface area contributed by atoms with Crippen molar-refractivity contribution in [2.24, 2.45) is 11.7 Å². The normalized spacial score (nSPS) is 31.7. The molecule has 0 heterocycles. The van der Waals surface area contributed by atoms with Crippen LogP contribution in [0, 0.1) is 16.0 Å². The number of hydrogen-bond acceptors (Lipinski definition) is 3. The van der Waals surface area contributed by atoms with E-state index >= 15 is 0 Å². The fourth-order valence-electron chi connectivity index (χ4n) is 1.67. The van der Waals surface area contributed by atoms with Gasteiger partial charge in [-0.25, -0.2) is 0 Å². The molecule has 0 aliphatic heterocycles. The van der Waals surface area contributed by atoms with Crippen molar-refractivity contribution >= 4 is 0 Å². The van der Waals surface area contributed by atoms with Crippen LogP contribution in [0.3, 0.4) is 0 Å². The van der Waals surface area contributed by atoms with Crippen LogP contribution in [0.15, 0.2) is 0 Å². The van der Waals surface area contributed by atoms with E-state index in [2.05, 4.69) is 0 Å². The molecule has 1 saturated carbocycles. The van der Waals surface area contributed by atoms with E-state index in [0.29, 0.717) is 18.9 Å². The Morgan fingerprint density at radius 1 is 1.55 bits per heavy atom. The quantitative estimate of drug-likeness (QED) is 0.477. The first-order chi connectivity index (χ1) is 5.24. The van der Waals surface area contributed by atoms with Crippen molar-refractivity contribution in [3.8, 4) is 0 Å². The zero-order valence-corrected chi connectivity index (χ0v) is 6.53. The summed E-state index contributed by atoms with van der Waals surface area (Å²) in [4.78, 5) is 10.2. The molecular formula is C7H14N2O2. The summed E-state index contributed by atoms with van der Waals surface area (Å²) in [6, 6.07) is -0.322. The van der Waals surface area contributed by atoms with Gasteiger partial charge in [-0.15, -0.1) is 0 Å². The molecule has 0 spiro atoms. The fourth-order valence-corrected chi connectivity index (χ4v) is 1.67. The summed E-state index contributed by atoms with van der Waals surface area (Å²) < 4.78 is 0. The molecule has 4 nitrogen and oxygen atoms in total. The van der Waals surface area contributed by atoms with Crippen LogP contribution in [0.2, 0.25) is 0 Å². The molecule has 64 valence electrons. The number of nitro groups is 1. The van der Waals surface area contributed by atoms with Gasteiger partial charge in [-0.1, -0.05) is 0 Å². The number of nitrogens with two attached hydrogens (primary N) is 1. The highest BCUT2D eigenvalue weighted by Gasteiger charge is 2.28. The van der Waals surface area contributed by atoms with E-state index in [1.807, 2.05) is 0 Å². The van der Waals surface area contributed by atoms with E-state index in [9.17, 15) is 10.1 Å². The van der Waals surface area contributed by atoms with E-state index in [0.717, 1.165) is 19.3 Å². The lowest BCUT2D eigenvalue weighted by molar-refractivity contribution is -0.527. The molecule has 0 saturated heterocycles. The topological polar surface area (TPSA) is 69.2 Å². The Kier molecular flexibility index (Phi) is 2.82. The SMILES string of the molecule is NCC1CCCC([N+](=O)[O-])C1. The molecular weight excluding hydrogens is 144 g/mol. The van der Waals surface area contributed by atoms with Gasteiger partial charge in [-0.3, -0.25) is 10.1 Å². The summed E-state index contributed by atoms with van der Waals surface area (Å²) >= 11 is 0. The molecule has 1 fully saturated rings. The van der Waals surface area contributed by atoms with Gasteiger partial charge in [0.25, 0.3) is 0 Å². The lowest BCUT2D eigenvalue weighted by Crippen LogP contribution is -2.30. The van der Waals surface area contributed by atoms with Crippen molar-refractivity contribution < 1.29 is 4.92 Å². The van der Waals surface area contributed by atoms with E-state index in [1.54, 1.807) is 0 Å². The monoisotopic (exact) mass is 158 g/mol.